The summed E-state index contributed by atoms with van der Waals surface area (Å²) in [6.07, 6.45) is 10.4. The van der Waals surface area contributed by atoms with Crippen LogP contribution in [0, 0.1) is 11.3 Å². The summed E-state index contributed by atoms with van der Waals surface area (Å²) in [5.74, 6) is 0.517. The van der Waals surface area contributed by atoms with E-state index in [1.54, 1.807) is 6.20 Å². The Hall–Kier alpha value is -1.89. The van der Waals surface area contributed by atoms with Crippen LogP contribution in [0.25, 0.3) is 5.65 Å². The van der Waals surface area contributed by atoms with E-state index in [4.69, 9.17) is 5.26 Å². The highest BCUT2D eigenvalue weighted by Gasteiger charge is 2.23. The van der Waals surface area contributed by atoms with Gasteiger partial charge in [0.05, 0.1) is 18.2 Å². The van der Waals surface area contributed by atoms with Gasteiger partial charge in [-0.05, 0) is 18.9 Å². The zero-order valence-electron chi connectivity index (χ0n) is 10.3. The largest absolute Gasteiger partial charge is 0.237 e. The minimum Gasteiger partial charge on any atom is -0.237 e. The SMILES string of the molecule is N#CCc1c(C2CCCCC2)nn2cccnc12. The van der Waals surface area contributed by atoms with Crippen LogP contribution in [-0.2, 0) is 6.42 Å². The molecular formula is C14H16N4. The first kappa shape index (κ1) is 11.2. The average molecular weight is 240 g/mol. The summed E-state index contributed by atoms with van der Waals surface area (Å²) < 4.78 is 1.82. The van der Waals surface area contributed by atoms with Gasteiger partial charge in [-0.25, -0.2) is 9.50 Å². The molecule has 2 heterocycles. The van der Waals surface area contributed by atoms with Crippen molar-refractivity contribution in [3.63, 3.8) is 0 Å². The number of rotatable bonds is 2. The fraction of sp³-hybridized carbons (Fsp3) is 0.500. The first-order valence-electron chi connectivity index (χ1n) is 6.59. The van der Waals surface area contributed by atoms with Crippen LogP contribution in [0.3, 0.4) is 0 Å². The third-order valence-corrected chi connectivity index (χ3v) is 3.77. The van der Waals surface area contributed by atoms with Gasteiger partial charge in [-0.3, -0.25) is 0 Å². The van der Waals surface area contributed by atoms with Crippen molar-refractivity contribution < 1.29 is 0 Å². The van der Waals surface area contributed by atoms with E-state index < -0.39 is 0 Å². The zero-order chi connectivity index (χ0) is 12.4. The Bertz CT molecular complexity index is 587. The number of hydrogen-bond acceptors (Lipinski definition) is 3. The maximum absolute atomic E-state index is 9.01. The Kier molecular flexibility index (Phi) is 2.97. The molecule has 3 rings (SSSR count). The van der Waals surface area contributed by atoms with E-state index in [1.807, 2.05) is 16.8 Å². The average Bonchev–Trinajstić information content (AvgIpc) is 2.80. The molecule has 0 atom stereocenters. The monoisotopic (exact) mass is 240 g/mol. The number of nitriles is 1. The van der Waals surface area contributed by atoms with Crippen LogP contribution in [-0.4, -0.2) is 14.6 Å². The van der Waals surface area contributed by atoms with Crippen molar-refractivity contribution in [2.24, 2.45) is 0 Å². The molecule has 0 spiro atoms. The maximum atomic E-state index is 9.01. The molecule has 0 aliphatic heterocycles. The topological polar surface area (TPSA) is 54.0 Å². The lowest BCUT2D eigenvalue weighted by molar-refractivity contribution is 0.434. The molecular weight excluding hydrogens is 224 g/mol. The summed E-state index contributed by atoms with van der Waals surface area (Å²) in [4.78, 5) is 4.36. The van der Waals surface area contributed by atoms with E-state index in [0.717, 1.165) is 16.9 Å². The van der Waals surface area contributed by atoms with Crippen LogP contribution in [0.5, 0.6) is 0 Å². The van der Waals surface area contributed by atoms with Crippen molar-refractivity contribution in [3.05, 3.63) is 29.7 Å². The first-order chi connectivity index (χ1) is 8.90. The third-order valence-electron chi connectivity index (χ3n) is 3.77. The Balaban J connectivity index is 2.09. The van der Waals surface area contributed by atoms with Crippen LogP contribution in [0.15, 0.2) is 18.5 Å². The van der Waals surface area contributed by atoms with Crippen molar-refractivity contribution in [1.29, 1.82) is 5.26 Å². The van der Waals surface area contributed by atoms with E-state index in [0.29, 0.717) is 12.3 Å². The second-order valence-corrected chi connectivity index (χ2v) is 4.92. The lowest BCUT2D eigenvalue weighted by Gasteiger charge is -2.20. The predicted molar refractivity (Wildman–Crippen MR) is 68.1 cm³/mol. The Morgan fingerprint density at radius 1 is 1.33 bits per heavy atom. The van der Waals surface area contributed by atoms with Gasteiger partial charge >= 0.3 is 0 Å². The van der Waals surface area contributed by atoms with Crippen LogP contribution in [0.4, 0.5) is 0 Å². The van der Waals surface area contributed by atoms with Gasteiger partial charge in [0.15, 0.2) is 5.65 Å². The van der Waals surface area contributed by atoms with Crippen LogP contribution in [0.1, 0.15) is 49.3 Å². The van der Waals surface area contributed by atoms with Gasteiger partial charge in [0.1, 0.15) is 0 Å². The van der Waals surface area contributed by atoms with Gasteiger partial charge < -0.3 is 0 Å². The summed E-state index contributed by atoms with van der Waals surface area (Å²) in [6, 6.07) is 4.12. The van der Waals surface area contributed by atoms with Gasteiger partial charge in [0.2, 0.25) is 0 Å². The van der Waals surface area contributed by atoms with Crippen LogP contribution in [0.2, 0.25) is 0 Å². The number of nitrogens with zero attached hydrogens (tertiary/aromatic N) is 4. The highest BCUT2D eigenvalue weighted by Crippen LogP contribution is 2.34. The summed E-state index contributed by atoms with van der Waals surface area (Å²) in [5.41, 5.74) is 2.99. The van der Waals surface area contributed by atoms with E-state index in [1.165, 1.54) is 32.1 Å². The zero-order valence-corrected chi connectivity index (χ0v) is 10.3. The van der Waals surface area contributed by atoms with Crippen molar-refractivity contribution in [3.8, 4) is 6.07 Å². The maximum Gasteiger partial charge on any atom is 0.159 e. The number of fused-ring (bicyclic) bond motifs is 1. The quantitative estimate of drug-likeness (QED) is 0.811. The fourth-order valence-electron chi connectivity index (χ4n) is 2.90. The molecule has 0 aromatic carbocycles. The smallest absolute Gasteiger partial charge is 0.159 e. The van der Waals surface area contributed by atoms with Gasteiger partial charge in [-0.2, -0.15) is 10.4 Å². The molecule has 92 valence electrons. The summed E-state index contributed by atoms with van der Waals surface area (Å²) >= 11 is 0. The molecule has 0 unspecified atom stereocenters. The molecule has 0 radical (unpaired) electrons. The number of hydrogen-bond donors (Lipinski definition) is 0. The molecule has 2 aromatic heterocycles. The molecule has 1 fully saturated rings. The highest BCUT2D eigenvalue weighted by molar-refractivity contribution is 5.52. The predicted octanol–water partition coefficient (Wildman–Crippen LogP) is 2.84. The Labute approximate surface area is 106 Å². The molecule has 0 bridgehead atoms. The lowest BCUT2D eigenvalue weighted by atomic mass is 9.85. The van der Waals surface area contributed by atoms with E-state index in [9.17, 15) is 0 Å². The molecule has 1 aliphatic carbocycles. The standard InChI is InChI=1S/C14H16N4/c15-8-7-12-13(11-5-2-1-3-6-11)17-18-10-4-9-16-14(12)18/h4,9-11H,1-3,5-7H2. The van der Waals surface area contributed by atoms with E-state index >= 15 is 0 Å². The third kappa shape index (κ3) is 1.86. The van der Waals surface area contributed by atoms with E-state index in [2.05, 4.69) is 16.2 Å². The summed E-state index contributed by atoms with van der Waals surface area (Å²) in [6.45, 7) is 0. The molecule has 18 heavy (non-hydrogen) atoms. The van der Waals surface area contributed by atoms with Crippen molar-refractivity contribution in [2.45, 2.75) is 44.4 Å². The van der Waals surface area contributed by atoms with Gasteiger partial charge in [0, 0.05) is 23.9 Å². The molecule has 4 nitrogen and oxygen atoms in total. The second-order valence-electron chi connectivity index (χ2n) is 4.92. The van der Waals surface area contributed by atoms with Crippen molar-refractivity contribution in [2.75, 3.05) is 0 Å². The molecule has 0 amide bonds. The van der Waals surface area contributed by atoms with Crippen LogP contribution < -0.4 is 0 Å². The number of aromatic nitrogens is 3. The Morgan fingerprint density at radius 3 is 2.94 bits per heavy atom. The summed E-state index contributed by atoms with van der Waals surface area (Å²) in [5, 5.41) is 13.7. The highest BCUT2D eigenvalue weighted by atomic mass is 15.2. The van der Waals surface area contributed by atoms with E-state index in [-0.39, 0.29) is 0 Å². The molecule has 0 saturated heterocycles. The molecule has 2 aromatic rings. The van der Waals surface area contributed by atoms with Crippen molar-refractivity contribution in [1.82, 2.24) is 14.6 Å². The first-order valence-corrected chi connectivity index (χ1v) is 6.59. The molecule has 1 saturated carbocycles. The lowest BCUT2D eigenvalue weighted by Crippen LogP contribution is -2.07. The summed E-state index contributed by atoms with van der Waals surface area (Å²) in [7, 11) is 0. The molecule has 0 N–H and O–H groups in total. The normalized spacial score (nSPS) is 16.8. The van der Waals surface area contributed by atoms with Crippen LogP contribution >= 0.6 is 0 Å². The minimum atomic E-state index is 0.409. The minimum absolute atomic E-state index is 0.409. The fourth-order valence-corrected chi connectivity index (χ4v) is 2.90. The van der Waals surface area contributed by atoms with Crippen molar-refractivity contribution >= 4 is 5.65 Å². The second kappa shape index (κ2) is 4.77. The van der Waals surface area contributed by atoms with Gasteiger partial charge in [0.25, 0.3) is 0 Å². The molecule has 1 aliphatic rings. The van der Waals surface area contributed by atoms with Gasteiger partial charge in [-0.1, -0.05) is 19.3 Å². The Morgan fingerprint density at radius 2 is 2.17 bits per heavy atom. The van der Waals surface area contributed by atoms with Gasteiger partial charge in [-0.15, -0.1) is 0 Å². The molecule has 4 heteroatoms.